The number of hydrogen-bond donors (Lipinski definition) is 1. The number of likely N-dealkylation sites (N-methyl/N-ethyl adjacent to an activating group) is 1. The van der Waals surface area contributed by atoms with Crippen LogP contribution in [-0.2, 0) is 4.79 Å². The molecule has 0 radical (unpaired) electrons. The molecule has 7 nitrogen and oxygen atoms in total. The van der Waals surface area contributed by atoms with Gasteiger partial charge in [-0.1, -0.05) is 42.5 Å². The van der Waals surface area contributed by atoms with E-state index in [1.807, 2.05) is 49.3 Å². The van der Waals surface area contributed by atoms with Gasteiger partial charge in [-0.25, -0.2) is 0 Å². The zero-order valence-electron chi connectivity index (χ0n) is 14.2. The minimum absolute atomic E-state index is 0.0243. The number of amides is 1. The molecule has 1 amide bonds. The summed E-state index contributed by atoms with van der Waals surface area (Å²) in [5.74, 6) is -0.254. The van der Waals surface area contributed by atoms with E-state index in [0.717, 1.165) is 5.56 Å². The van der Waals surface area contributed by atoms with Gasteiger partial charge in [0.25, 0.3) is 5.91 Å². The van der Waals surface area contributed by atoms with Crippen LogP contribution in [-0.4, -0.2) is 43.0 Å². The van der Waals surface area contributed by atoms with Crippen molar-refractivity contribution in [1.29, 1.82) is 0 Å². The third-order valence-corrected chi connectivity index (χ3v) is 3.72. The molecule has 1 N–H and O–H groups in total. The second kappa shape index (κ2) is 8.79. The van der Waals surface area contributed by atoms with Crippen LogP contribution in [0.3, 0.4) is 0 Å². The maximum atomic E-state index is 12.0. The van der Waals surface area contributed by atoms with Gasteiger partial charge in [-0.05, 0) is 25.7 Å². The van der Waals surface area contributed by atoms with Gasteiger partial charge in [0.2, 0.25) is 0 Å². The van der Waals surface area contributed by atoms with E-state index in [-0.39, 0.29) is 30.0 Å². The summed E-state index contributed by atoms with van der Waals surface area (Å²) in [6.45, 7) is 0.135. The van der Waals surface area contributed by atoms with Gasteiger partial charge in [-0.3, -0.25) is 14.9 Å². The van der Waals surface area contributed by atoms with Gasteiger partial charge < -0.3 is 15.0 Å². The van der Waals surface area contributed by atoms with Crippen LogP contribution in [0.2, 0.25) is 0 Å². The first-order valence-corrected chi connectivity index (χ1v) is 7.83. The molecule has 0 aliphatic rings. The average Bonchev–Trinajstić information content (AvgIpc) is 2.61. The number of nitrogens with zero attached hydrogens (tertiary/aromatic N) is 2. The topological polar surface area (TPSA) is 84.7 Å². The Labute approximate surface area is 146 Å². The van der Waals surface area contributed by atoms with Gasteiger partial charge in [-0.15, -0.1) is 0 Å². The van der Waals surface area contributed by atoms with Gasteiger partial charge in [0.15, 0.2) is 12.4 Å². The Hall–Kier alpha value is -2.93. The minimum Gasteiger partial charge on any atom is -0.477 e. The lowest BCUT2D eigenvalue weighted by Gasteiger charge is -2.25. The van der Waals surface area contributed by atoms with E-state index in [2.05, 4.69) is 5.32 Å². The molecule has 0 spiro atoms. The number of para-hydroxylation sites is 2. The van der Waals surface area contributed by atoms with E-state index >= 15 is 0 Å². The number of nitrogens with one attached hydrogen (secondary N) is 1. The standard InChI is InChI=1S/C18H21N3O4/c1-20(2)16(14-8-4-3-5-9-14)12-19-18(22)13-25-17-11-7-6-10-15(17)21(23)24/h3-11,16H,12-13H2,1-2H3,(H,19,22). The molecule has 0 aliphatic heterocycles. The van der Waals surface area contributed by atoms with E-state index in [9.17, 15) is 14.9 Å². The molecular weight excluding hydrogens is 322 g/mol. The third-order valence-electron chi connectivity index (χ3n) is 3.72. The zero-order chi connectivity index (χ0) is 18.2. The van der Waals surface area contributed by atoms with Crippen LogP contribution in [0.15, 0.2) is 54.6 Å². The first-order valence-electron chi connectivity index (χ1n) is 7.83. The van der Waals surface area contributed by atoms with Crippen molar-refractivity contribution in [1.82, 2.24) is 10.2 Å². The number of benzene rings is 2. The summed E-state index contributed by atoms with van der Waals surface area (Å²) in [6, 6.07) is 15.8. The van der Waals surface area contributed by atoms with E-state index in [4.69, 9.17) is 4.74 Å². The maximum Gasteiger partial charge on any atom is 0.310 e. The quantitative estimate of drug-likeness (QED) is 0.588. The van der Waals surface area contributed by atoms with Crippen molar-refractivity contribution in [3.05, 3.63) is 70.3 Å². The lowest BCUT2D eigenvalue weighted by atomic mass is 10.1. The Bertz CT molecular complexity index is 719. The maximum absolute atomic E-state index is 12.0. The number of ether oxygens (including phenoxy) is 1. The van der Waals surface area contributed by atoms with Crippen molar-refractivity contribution >= 4 is 11.6 Å². The van der Waals surface area contributed by atoms with Crippen molar-refractivity contribution in [2.45, 2.75) is 6.04 Å². The number of nitro groups is 1. The Balaban J connectivity index is 1.91. The first-order chi connectivity index (χ1) is 12.0. The molecule has 0 aliphatic carbocycles. The van der Waals surface area contributed by atoms with Gasteiger partial charge in [0.1, 0.15) is 0 Å². The smallest absolute Gasteiger partial charge is 0.310 e. The molecule has 1 unspecified atom stereocenters. The molecule has 25 heavy (non-hydrogen) atoms. The summed E-state index contributed by atoms with van der Waals surface area (Å²) in [7, 11) is 3.88. The highest BCUT2D eigenvalue weighted by molar-refractivity contribution is 5.77. The highest BCUT2D eigenvalue weighted by atomic mass is 16.6. The molecular formula is C18H21N3O4. The molecule has 0 bridgehead atoms. The van der Waals surface area contributed by atoms with Crippen molar-refractivity contribution in [3.8, 4) is 5.75 Å². The monoisotopic (exact) mass is 343 g/mol. The second-order valence-corrected chi connectivity index (χ2v) is 5.71. The highest BCUT2D eigenvalue weighted by Crippen LogP contribution is 2.25. The van der Waals surface area contributed by atoms with Crippen LogP contribution >= 0.6 is 0 Å². The number of hydrogen-bond acceptors (Lipinski definition) is 5. The average molecular weight is 343 g/mol. The van der Waals surface area contributed by atoms with E-state index < -0.39 is 4.92 Å². The molecule has 0 saturated heterocycles. The third kappa shape index (κ3) is 5.29. The van der Waals surface area contributed by atoms with Gasteiger partial charge >= 0.3 is 5.69 Å². The van der Waals surface area contributed by atoms with Crippen LogP contribution in [0.4, 0.5) is 5.69 Å². The predicted octanol–water partition coefficient (Wildman–Crippen LogP) is 2.39. The molecule has 0 saturated carbocycles. The van der Waals surface area contributed by atoms with Gasteiger partial charge in [-0.2, -0.15) is 0 Å². The van der Waals surface area contributed by atoms with Crippen LogP contribution in [0.1, 0.15) is 11.6 Å². The Kier molecular flexibility index (Phi) is 6.47. The van der Waals surface area contributed by atoms with Crippen LogP contribution in [0, 0.1) is 10.1 Å². The summed E-state index contributed by atoms with van der Waals surface area (Å²) in [4.78, 5) is 24.4. The van der Waals surface area contributed by atoms with E-state index in [1.165, 1.54) is 12.1 Å². The fourth-order valence-corrected chi connectivity index (χ4v) is 2.41. The van der Waals surface area contributed by atoms with Crippen LogP contribution in [0.25, 0.3) is 0 Å². The molecule has 0 fully saturated rings. The molecule has 7 heteroatoms. The molecule has 2 rings (SSSR count). The summed E-state index contributed by atoms with van der Waals surface area (Å²) in [6.07, 6.45) is 0. The first kappa shape index (κ1) is 18.4. The number of rotatable bonds is 8. The van der Waals surface area contributed by atoms with Crippen molar-refractivity contribution < 1.29 is 14.5 Å². The summed E-state index contributed by atoms with van der Waals surface area (Å²) in [5, 5.41) is 13.7. The Morgan fingerprint density at radius 2 is 1.80 bits per heavy atom. The summed E-state index contributed by atoms with van der Waals surface area (Å²) < 4.78 is 5.29. The number of nitro benzene ring substituents is 1. The van der Waals surface area contributed by atoms with Crippen molar-refractivity contribution in [2.75, 3.05) is 27.2 Å². The lowest BCUT2D eigenvalue weighted by Crippen LogP contribution is -2.36. The molecule has 0 heterocycles. The van der Waals surface area contributed by atoms with Crippen LogP contribution < -0.4 is 10.1 Å². The largest absolute Gasteiger partial charge is 0.477 e. The Morgan fingerprint density at radius 1 is 1.16 bits per heavy atom. The molecule has 2 aromatic rings. The molecule has 0 aromatic heterocycles. The molecule has 132 valence electrons. The summed E-state index contributed by atoms with van der Waals surface area (Å²) >= 11 is 0. The second-order valence-electron chi connectivity index (χ2n) is 5.71. The van der Waals surface area contributed by atoms with Crippen molar-refractivity contribution in [3.63, 3.8) is 0 Å². The lowest BCUT2D eigenvalue weighted by molar-refractivity contribution is -0.385. The zero-order valence-corrected chi connectivity index (χ0v) is 14.2. The van der Waals surface area contributed by atoms with E-state index in [1.54, 1.807) is 12.1 Å². The normalized spacial score (nSPS) is 11.8. The van der Waals surface area contributed by atoms with Crippen molar-refractivity contribution in [2.24, 2.45) is 0 Å². The Morgan fingerprint density at radius 3 is 2.44 bits per heavy atom. The predicted molar refractivity (Wildman–Crippen MR) is 94.5 cm³/mol. The fraction of sp³-hybridized carbons (Fsp3) is 0.278. The number of carbonyl (C=O) groups excluding carboxylic acids is 1. The SMILES string of the molecule is CN(C)C(CNC(=O)COc1ccccc1[N+](=O)[O-])c1ccccc1. The minimum atomic E-state index is -0.537. The molecule has 2 aromatic carbocycles. The van der Waals surface area contributed by atoms with Gasteiger partial charge in [0.05, 0.1) is 11.0 Å². The van der Waals surface area contributed by atoms with E-state index in [0.29, 0.717) is 6.54 Å². The molecule has 1 atom stereocenters. The summed E-state index contributed by atoms with van der Waals surface area (Å²) in [5.41, 5.74) is 0.929. The fourth-order valence-electron chi connectivity index (χ4n) is 2.41. The highest BCUT2D eigenvalue weighted by Gasteiger charge is 2.17. The number of carbonyl (C=O) groups is 1. The van der Waals surface area contributed by atoms with Gasteiger partial charge in [0, 0.05) is 12.6 Å². The van der Waals surface area contributed by atoms with Crippen LogP contribution in [0.5, 0.6) is 5.75 Å².